The Morgan fingerprint density at radius 3 is 2.65 bits per heavy atom. The number of aliphatic hydroxyl groups excluding tert-OH is 2. The summed E-state index contributed by atoms with van der Waals surface area (Å²) in [6.07, 6.45) is -2.75. The maximum atomic E-state index is 14.1. The van der Waals surface area contributed by atoms with Gasteiger partial charge in [0.15, 0.2) is 16.8 Å². The summed E-state index contributed by atoms with van der Waals surface area (Å²) >= 11 is 9.55. The van der Waals surface area contributed by atoms with Crippen molar-refractivity contribution in [2.45, 2.75) is 30.7 Å². The molecule has 1 aliphatic rings. The van der Waals surface area contributed by atoms with Gasteiger partial charge >= 0.3 is 0 Å². The van der Waals surface area contributed by atoms with E-state index < -0.39 is 36.2 Å². The molecule has 0 saturated carbocycles. The highest BCUT2D eigenvalue weighted by Crippen LogP contribution is 2.44. The normalized spacial score (nSPS) is 37.3. The maximum Gasteiger partial charge on any atom is 0.263 e. The zero-order valence-corrected chi connectivity index (χ0v) is 11.8. The van der Waals surface area contributed by atoms with Gasteiger partial charge in [-0.3, -0.25) is 4.57 Å². The van der Waals surface area contributed by atoms with Gasteiger partial charge in [-0.25, -0.2) is 8.78 Å². The number of nitrogens with one attached hydrogen (secondary N) is 1. The number of hydrogen-bond donors (Lipinski definition) is 4. The third-order valence-electron chi connectivity index (χ3n) is 3.16. The lowest BCUT2D eigenvalue weighted by molar-refractivity contribution is -0.207. The third-order valence-corrected chi connectivity index (χ3v) is 3.77. The van der Waals surface area contributed by atoms with Crippen LogP contribution in [0.15, 0.2) is 6.20 Å². The molecule has 20 heavy (non-hydrogen) atoms. The van der Waals surface area contributed by atoms with E-state index in [9.17, 15) is 19.0 Å². The van der Waals surface area contributed by atoms with Gasteiger partial charge in [0.1, 0.15) is 23.0 Å². The number of hydrogen-bond acceptors (Lipinski definition) is 6. The molecule has 1 fully saturated rings. The van der Waals surface area contributed by atoms with Crippen molar-refractivity contribution in [3.63, 3.8) is 0 Å². The first kappa shape index (κ1) is 15.6. The number of aromatic nitrogens is 2. The van der Waals surface area contributed by atoms with Crippen LogP contribution in [0.3, 0.4) is 0 Å². The Balaban J connectivity index is 2.57. The van der Waals surface area contributed by atoms with E-state index in [-0.39, 0.29) is 9.41 Å². The highest BCUT2D eigenvalue weighted by molar-refractivity contribution is 7.72. The molecule has 0 amide bonds. The van der Waals surface area contributed by atoms with Crippen LogP contribution in [0.1, 0.15) is 13.2 Å². The topological polar surface area (TPSA) is 90.6 Å². The minimum atomic E-state index is -2.88. The van der Waals surface area contributed by atoms with Gasteiger partial charge in [0.05, 0.1) is 0 Å². The van der Waals surface area contributed by atoms with Crippen molar-refractivity contribution in [2.24, 2.45) is 0 Å². The second kappa shape index (κ2) is 4.90. The molecule has 10 heteroatoms. The van der Waals surface area contributed by atoms with Crippen LogP contribution in [-0.2, 0) is 4.74 Å². The van der Waals surface area contributed by atoms with Crippen molar-refractivity contribution in [3.05, 3.63) is 21.4 Å². The van der Waals surface area contributed by atoms with E-state index in [1.807, 2.05) is 0 Å². The quantitative estimate of drug-likeness (QED) is 0.599. The molecule has 6 nitrogen and oxygen atoms in total. The van der Waals surface area contributed by atoms with Gasteiger partial charge in [-0.1, -0.05) is 12.2 Å². The molecule has 112 valence electrons. The first-order chi connectivity index (χ1) is 9.13. The molecule has 1 aromatic rings. The summed E-state index contributed by atoms with van der Waals surface area (Å²) in [4.78, 5) is 2.34. The number of aliphatic hydroxyl groups is 3. The minimum absolute atomic E-state index is 0.129. The second-order valence-electron chi connectivity index (χ2n) is 4.69. The number of alkyl halides is 1. The van der Waals surface area contributed by atoms with E-state index in [1.54, 1.807) is 0 Å². The molecule has 4 atom stereocenters. The van der Waals surface area contributed by atoms with Crippen molar-refractivity contribution in [3.8, 4) is 0 Å². The zero-order valence-electron chi connectivity index (χ0n) is 10.2. The van der Waals surface area contributed by atoms with Crippen LogP contribution in [-0.4, -0.2) is 49.0 Å². The Labute approximate surface area is 122 Å². The largest absolute Gasteiger partial charge is 0.390 e. The Hall–Kier alpha value is -0.780. The summed E-state index contributed by atoms with van der Waals surface area (Å²) in [7, 11) is 0. The maximum absolute atomic E-state index is 14.1. The highest BCUT2D eigenvalue weighted by Gasteiger charge is 2.62. The molecule has 2 heterocycles. The Kier molecular flexibility index (Phi) is 3.82. The number of H-pyrrole nitrogens is 1. The number of halogens is 2. The fourth-order valence-electron chi connectivity index (χ4n) is 2.04. The molecule has 2 rings (SSSR count). The highest BCUT2D eigenvalue weighted by atomic mass is 32.1. The van der Waals surface area contributed by atoms with Crippen molar-refractivity contribution < 1.29 is 28.8 Å². The standard InChI is InChI=1S/C10H12F2N2O4S2/c1-9(17)6(16)10(12,3-15)18-7(9)14-2-4(11)5(19)13-8(14)20/h2,6-7,15-17H,3H2,1H3,(H,13,19,20)/t6-,7-,9?,10-/m1/s1. The average molecular weight is 326 g/mol. The minimum Gasteiger partial charge on any atom is -0.390 e. The molecule has 0 bridgehead atoms. The first-order valence-corrected chi connectivity index (χ1v) is 6.34. The van der Waals surface area contributed by atoms with E-state index in [0.29, 0.717) is 0 Å². The Morgan fingerprint density at radius 2 is 2.15 bits per heavy atom. The van der Waals surface area contributed by atoms with E-state index in [4.69, 9.17) is 22.1 Å². The smallest absolute Gasteiger partial charge is 0.263 e. The molecule has 0 spiro atoms. The summed E-state index contributed by atoms with van der Waals surface area (Å²) in [5, 5.41) is 28.9. The molecular weight excluding hydrogens is 314 g/mol. The zero-order chi connectivity index (χ0) is 15.3. The van der Waals surface area contributed by atoms with Crippen molar-refractivity contribution >= 4 is 24.4 Å². The van der Waals surface area contributed by atoms with Gasteiger partial charge in [0.25, 0.3) is 5.85 Å². The van der Waals surface area contributed by atoms with Crippen LogP contribution in [0.4, 0.5) is 8.78 Å². The lowest BCUT2D eigenvalue weighted by atomic mass is 9.95. The lowest BCUT2D eigenvalue weighted by Gasteiger charge is -2.27. The van der Waals surface area contributed by atoms with Gasteiger partial charge in [-0.15, -0.1) is 0 Å². The molecule has 1 aromatic heterocycles. The SMILES string of the molecule is CC1(O)[C@@H](O)[C@@](F)(CO)O[C@H]1n1cc(F)c(=S)[nH]c1=S. The van der Waals surface area contributed by atoms with Crippen molar-refractivity contribution in [2.75, 3.05) is 6.61 Å². The first-order valence-electron chi connectivity index (χ1n) is 5.52. The summed E-state index contributed by atoms with van der Waals surface area (Å²) in [6.45, 7) is -0.0972. The summed E-state index contributed by atoms with van der Waals surface area (Å²) in [5.74, 6) is -3.74. The van der Waals surface area contributed by atoms with Gasteiger partial charge in [-0.2, -0.15) is 0 Å². The molecular formula is C10H12F2N2O4S2. The number of aromatic amines is 1. The molecule has 4 N–H and O–H groups in total. The Morgan fingerprint density at radius 1 is 1.55 bits per heavy atom. The number of ether oxygens (including phenoxy) is 1. The fourth-order valence-corrected chi connectivity index (χ4v) is 2.50. The average Bonchev–Trinajstić information content (AvgIpc) is 2.56. The van der Waals surface area contributed by atoms with Crippen LogP contribution in [0.25, 0.3) is 0 Å². The molecule has 0 aromatic carbocycles. The second-order valence-corrected chi connectivity index (χ2v) is 5.48. The summed E-state index contributed by atoms with van der Waals surface area (Å²) in [5.41, 5.74) is -2.14. The molecule has 0 aliphatic carbocycles. The van der Waals surface area contributed by atoms with Crippen LogP contribution in [0, 0.1) is 15.2 Å². The van der Waals surface area contributed by atoms with Crippen LogP contribution < -0.4 is 0 Å². The fraction of sp³-hybridized carbons (Fsp3) is 0.600. The van der Waals surface area contributed by atoms with E-state index in [0.717, 1.165) is 17.7 Å². The predicted molar refractivity (Wildman–Crippen MR) is 68.1 cm³/mol. The molecule has 1 unspecified atom stereocenters. The van der Waals surface area contributed by atoms with Crippen molar-refractivity contribution in [1.82, 2.24) is 9.55 Å². The molecule has 1 aliphatic heterocycles. The Bertz CT molecular complexity index is 647. The van der Waals surface area contributed by atoms with Gasteiger partial charge in [0, 0.05) is 6.20 Å². The van der Waals surface area contributed by atoms with Crippen LogP contribution >= 0.6 is 24.4 Å². The van der Waals surface area contributed by atoms with Gasteiger partial charge in [-0.05, 0) is 19.1 Å². The van der Waals surface area contributed by atoms with Gasteiger partial charge in [0.2, 0.25) is 0 Å². The number of nitrogens with zero attached hydrogens (tertiary/aromatic N) is 1. The van der Waals surface area contributed by atoms with Crippen LogP contribution in [0.5, 0.6) is 0 Å². The van der Waals surface area contributed by atoms with Gasteiger partial charge < -0.3 is 25.0 Å². The summed E-state index contributed by atoms with van der Waals surface area (Å²) in [6, 6.07) is 0. The molecule has 0 radical (unpaired) electrons. The van der Waals surface area contributed by atoms with Crippen LogP contribution in [0.2, 0.25) is 0 Å². The van der Waals surface area contributed by atoms with Crippen molar-refractivity contribution in [1.29, 1.82) is 0 Å². The van der Waals surface area contributed by atoms with E-state index in [2.05, 4.69) is 17.2 Å². The monoisotopic (exact) mass is 326 g/mol. The van der Waals surface area contributed by atoms with E-state index in [1.165, 1.54) is 0 Å². The predicted octanol–water partition coefficient (Wildman–Crippen LogP) is 0.713. The lowest BCUT2D eigenvalue weighted by Crippen LogP contribution is -2.48. The molecule has 1 saturated heterocycles. The number of rotatable bonds is 2. The third kappa shape index (κ3) is 2.22. The summed E-state index contributed by atoms with van der Waals surface area (Å²) < 4.78 is 33.0. The van der Waals surface area contributed by atoms with E-state index >= 15 is 0 Å².